The van der Waals surface area contributed by atoms with Crippen molar-refractivity contribution in [2.45, 2.75) is 6.10 Å². The van der Waals surface area contributed by atoms with Crippen molar-refractivity contribution in [2.75, 3.05) is 13.1 Å². The molecule has 1 saturated heterocycles. The Morgan fingerprint density at radius 3 is 2.82 bits per heavy atom. The van der Waals surface area contributed by atoms with E-state index in [0.717, 1.165) is 15.8 Å². The standard InChI is InChI=1S/C17H14N2O2S/c20-17(15-6-3-9-22-15)19-10-13(11-19)21-16-8-7-12-4-1-2-5-14(12)18-16/h1-9,13H,10-11H2. The number of nitrogens with zero attached hydrogens (tertiary/aromatic N) is 2. The molecule has 0 bridgehead atoms. The number of hydrogen-bond acceptors (Lipinski definition) is 4. The first-order valence-electron chi connectivity index (χ1n) is 7.15. The maximum atomic E-state index is 12.1. The summed E-state index contributed by atoms with van der Waals surface area (Å²) in [5.74, 6) is 0.702. The third-order valence-electron chi connectivity index (χ3n) is 3.73. The Balaban J connectivity index is 1.40. The normalized spacial score (nSPS) is 14.8. The van der Waals surface area contributed by atoms with Crippen LogP contribution in [0.25, 0.3) is 10.9 Å². The number of thiophene rings is 1. The number of hydrogen-bond donors (Lipinski definition) is 0. The third-order valence-corrected chi connectivity index (χ3v) is 4.59. The highest BCUT2D eigenvalue weighted by Crippen LogP contribution is 2.22. The maximum Gasteiger partial charge on any atom is 0.264 e. The second kappa shape index (κ2) is 5.42. The summed E-state index contributed by atoms with van der Waals surface area (Å²) in [6.07, 6.45) is 0.0255. The van der Waals surface area contributed by atoms with E-state index in [1.165, 1.54) is 11.3 Å². The van der Waals surface area contributed by atoms with E-state index in [4.69, 9.17) is 4.74 Å². The van der Waals surface area contributed by atoms with E-state index >= 15 is 0 Å². The van der Waals surface area contributed by atoms with Crippen LogP contribution < -0.4 is 4.74 Å². The van der Waals surface area contributed by atoms with Gasteiger partial charge in [-0.2, -0.15) is 0 Å². The van der Waals surface area contributed by atoms with Crippen LogP contribution in [-0.2, 0) is 0 Å². The molecule has 1 fully saturated rings. The molecule has 0 unspecified atom stereocenters. The Bertz CT molecular complexity index is 810. The van der Waals surface area contributed by atoms with Gasteiger partial charge < -0.3 is 9.64 Å². The molecule has 110 valence electrons. The van der Waals surface area contributed by atoms with Crippen LogP contribution in [0.4, 0.5) is 0 Å². The quantitative estimate of drug-likeness (QED) is 0.746. The molecule has 0 aliphatic carbocycles. The van der Waals surface area contributed by atoms with Crippen molar-refractivity contribution in [3.05, 3.63) is 58.8 Å². The summed E-state index contributed by atoms with van der Waals surface area (Å²) in [5, 5.41) is 3.01. The molecule has 5 heteroatoms. The van der Waals surface area contributed by atoms with E-state index in [2.05, 4.69) is 4.98 Å². The van der Waals surface area contributed by atoms with E-state index in [1.807, 2.05) is 53.9 Å². The first-order chi connectivity index (χ1) is 10.8. The molecule has 0 atom stereocenters. The number of aromatic nitrogens is 1. The van der Waals surface area contributed by atoms with Crippen molar-refractivity contribution in [2.24, 2.45) is 0 Å². The number of pyridine rings is 1. The maximum absolute atomic E-state index is 12.1. The average Bonchev–Trinajstić information content (AvgIpc) is 3.04. The molecular formula is C17H14N2O2S. The fourth-order valence-corrected chi connectivity index (χ4v) is 3.21. The van der Waals surface area contributed by atoms with Gasteiger partial charge in [0.2, 0.25) is 5.88 Å². The Hall–Kier alpha value is -2.40. The van der Waals surface area contributed by atoms with Gasteiger partial charge in [-0.05, 0) is 23.6 Å². The lowest BCUT2D eigenvalue weighted by Crippen LogP contribution is -2.56. The number of fused-ring (bicyclic) bond motifs is 1. The Morgan fingerprint density at radius 1 is 1.14 bits per heavy atom. The summed E-state index contributed by atoms with van der Waals surface area (Å²) >= 11 is 1.47. The van der Waals surface area contributed by atoms with Crippen LogP contribution in [0.1, 0.15) is 9.67 Å². The topological polar surface area (TPSA) is 42.4 Å². The van der Waals surface area contributed by atoms with Crippen LogP contribution in [0.5, 0.6) is 5.88 Å². The minimum absolute atomic E-state index is 0.0255. The lowest BCUT2D eigenvalue weighted by Gasteiger charge is -2.38. The third kappa shape index (κ3) is 2.44. The van der Waals surface area contributed by atoms with Crippen molar-refractivity contribution < 1.29 is 9.53 Å². The molecule has 0 saturated carbocycles. The molecule has 3 aromatic rings. The zero-order chi connectivity index (χ0) is 14.9. The molecule has 1 amide bonds. The fourth-order valence-electron chi connectivity index (χ4n) is 2.52. The van der Waals surface area contributed by atoms with Gasteiger partial charge in [-0.25, -0.2) is 4.98 Å². The van der Waals surface area contributed by atoms with Gasteiger partial charge in [0.1, 0.15) is 6.10 Å². The van der Waals surface area contributed by atoms with Crippen molar-refractivity contribution in [1.29, 1.82) is 0 Å². The zero-order valence-corrected chi connectivity index (χ0v) is 12.6. The van der Waals surface area contributed by atoms with Crippen molar-refractivity contribution >= 4 is 28.1 Å². The van der Waals surface area contributed by atoms with Crippen molar-refractivity contribution in [3.8, 4) is 5.88 Å². The molecular weight excluding hydrogens is 296 g/mol. The molecule has 0 radical (unpaired) electrons. The van der Waals surface area contributed by atoms with Crippen LogP contribution in [0, 0.1) is 0 Å². The number of amides is 1. The summed E-state index contributed by atoms with van der Waals surface area (Å²) < 4.78 is 5.85. The van der Waals surface area contributed by atoms with Crippen molar-refractivity contribution in [3.63, 3.8) is 0 Å². The lowest BCUT2D eigenvalue weighted by atomic mass is 10.1. The Labute approximate surface area is 132 Å². The van der Waals surface area contributed by atoms with Crippen molar-refractivity contribution in [1.82, 2.24) is 9.88 Å². The number of rotatable bonds is 3. The van der Waals surface area contributed by atoms with Crippen LogP contribution in [0.2, 0.25) is 0 Å². The monoisotopic (exact) mass is 310 g/mol. The van der Waals surface area contributed by atoms with Gasteiger partial charge in [0.05, 0.1) is 23.5 Å². The number of para-hydroxylation sites is 1. The minimum Gasteiger partial charge on any atom is -0.471 e. The molecule has 3 heterocycles. The predicted octanol–water partition coefficient (Wildman–Crippen LogP) is 3.20. The molecule has 0 N–H and O–H groups in total. The van der Waals surface area contributed by atoms with Gasteiger partial charge in [0.15, 0.2) is 0 Å². The summed E-state index contributed by atoms with van der Waals surface area (Å²) in [6, 6.07) is 15.6. The number of benzene rings is 1. The smallest absolute Gasteiger partial charge is 0.264 e. The highest BCUT2D eigenvalue weighted by atomic mass is 32.1. The molecule has 1 aliphatic heterocycles. The number of ether oxygens (including phenoxy) is 1. The number of carbonyl (C=O) groups is 1. The molecule has 2 aromatic heterocycles. The molecule has 0 spiro atoms. The first kappa shape index (κ1) is 13.3. The SMILES string of the molecule is O=C(c1cccs1)N1CC(Oc2ccc3ccccc3n2)C1. The first-order valence-corrected chi connectivity index (χ1v) is 8.03. The summed E-state index contributed by atoms with van der Waals surface area (Å²) in [5.41, 5.74) is 0.922. The van der Waals surface area contributed by atoms with Gasteiger partial charge in [0, 0.05) is 11.5 Å². The zero-order valence-electron chi connectivity index (χ0n) is 11.8. The second-order valence-corrected chi connectivity index (χ2v) is 6.22. The van der Waals surface area contributed by atoms with Gasteiger partial charge in [-0.1, -0.05) is 24.3 Å². The summed E-state index contributed by atoms with van der Waals surface area (Å²) in [4.78, 5) is 19.2. The largest absolute Gasteiger partial charge is 0.471 e. The van der Waals surface area contributed by atoms with E-state index in [1.54, 1.807) is 4.90 Å². The predicted molar refractivity (Wildman–Crippen MR) is 86.4 cm³/mol. The number of carbonyl (C=O) groups excluding carboxylic acids is 1. The van der Waals surface area contributed by atoms with E-state index in [-0.39, 0.29) is 12.0 Å². The average molecular weight is 310 g/mol. The van der Waals surface area contributed by atoms with Crippen LogP contribution in [0.15, 0.2) is 53.9 Å². The molecule has 4 rings (SSSR count). The van der Waals surface area contributed by atoms with Crippen LogP contribution >= 0.6 is 11.3 Å². The summed E-state index contributed by atoms with van der Waals surface area (Å²) in [6.45, 7) is 1.23. The lowest BCUT2D eigenvalue weighted by molar-refractivity contribution is 0.0165. The highest BCUT2D eigenvalue weighted by molar-refractivity contribution is 7.12. The molecule has 1 aromatic carbocycles. The van der Waals surface area contributed by atoms with Gasteiger partial charge in [-0.15, -0.1) is 11.3 Å². The summed E-state index contributed by atoms with van der Waals surface area (Å²) in [7, 11) is 0. The Kier molecular flexibility index (Phi) is 3.27. The van der Waals surface area contributed by atoms with Crippen LogP contribution in [-0.4, -0.2) is 35.0 Å². The molecule has 22 heavy (non-hydrogen) atoms. The van der Waals surface area contributed by atoms with Gasteiger partial charge in [-0.3, -0.25) is 4.79 Å². The number of likely N-dealkylation sites (tertiary alicyclic amines) is 1. The molecule has 1 aliphatic rings. The fraction of sp³-hybridized carbons (Fsp3) is 0.176. The highest BCUT2D eigenvalue weighted by Gasteiger charge is 2.33. The Morgan fingerprint density at radius 2 is 2.00 bits per heavy atom. The van der Waals surface area contributed by atoms with Crippen LogP contribution in [0.3, 0.4) is 0 Å². The molecule has 4 nitrogen and oxygen atoms in total. The second-order valence-electron chi connectivity index (χ2n) is 5.27. The van der Waals surface area contributed by atoms with E-state index < -0.39 is 0 Å². The van der Waals surface area contributed by atoms with Gasteiger partial charge >= 0.3 is 0 Å². The van der Waals surface area contributed by atoms with E-state index in [9.17, 15) is 4.79 Å². The van der Waals surface area contributed by atoms with Gasteiger partial charge in [0.25, 0.3) is 5.91 Å². The minimum atomic E-state index is 0.0255. The van der Waals surface area contributed by atoms with E-state index in [0.29, 0.717) is 19.0 Å².